The molecule has 0 aliphatic carbocycles. The SMILES string of the molecule is CCc1ccc(N=Cc2c(C)c(C#N)c(=O)n(C(C)c3ccccc3)c2O)cc1. The third kappa shape index (κ3) is 3.97. The summed E-state index contributed by atoms with van der Waals surface area (Å²) in [5.74, 6) is -0.197. The van der Waals surface area contributed by atoms with Crippen LogP contribution >= 0.6 is 0 Å². The Morgan fingerprint density at radius 1 is 1.17 bits per heavy atom. The molecule has 146 valence electrons. The Morgan fingerprint density at radius 2 is 1.83 bits per heavy atom. The molecule has 2 aromatic carbocycles. The van der Waals surface area contributed by atoms with E-state index in [4.69, 9.17) is 0 Å². The van der Waals surface area contributed by atoms with Crippen molar-refractivity contribution in [1.29, 1.82) is 5.26 Å². The van der Waals surface area contributed by atoms with Crippen LogP contribution < -0.4 is 5.56 Å². The van der Waals surface area contributed by atoms with Gasteiger partial charge in [-0.05, 0) is 49.1 Å². The number of hydrogen-bond donors (Lipinski definition) is 1. The zero-order valence-corrected chi connectivity index (χ0v) is 16.8. The largest absolute Gasteiger partial charge is 0.494 e. The van der Waals surface area contributed by atoms with Gasteiger partial charge in [0.25, 0.3) is 5.56 Å². The summed E-state index contributed by atoms with van der Waals surface area (Å²) in [5, 5.41) is 20.5. The number of hydrogen-bond acceptors (Lipinski definition) is 4. The molecule has 1 aromatic heterocycles. The van der Waals surface area contributed by atoms with Crippen molar-refractivity contribution in [3.8, 4) is 11.9 Å². The number of nitrogens with zero attached hydrogens (tertiary/aromatic N) is 3. The number of nitriles is 1. The van der Waals surface area contributed by atoms with Crippen LogP contribution in [0.2, 0.25) is 0 Å². The van der Waals surface area contributed by atoms with Crippen LogP contribution in [0.15, 0.2) is 64.4 Å². The lowest BCUT2D eigenvalue weighted by atomic mass is 10.0. The normalized spacial score (nSPS) is 12.1. The van der Waals surface area contributed by atoms with Crippen molar-refractivity contribution in [2.24, 2.45) is 4.99 Å². The Balaban J connectivity index is 2.13. The van der Waals surface area contributed by atoms with Crippen LogP contribution in [-0.4, -0.2) is 15.9 Å². The average Bonchev–Trinajstić information content (AvgIpc) is 2.75. The maximum absolute atomic E-state index is 12.9. The smallest absolute Gasteiger partial charge is 0.272 e. The summed E-state index contributed by atoms with van der Waals surface area (Å²) in [6, 6.07) is 18.7. The van der Waals surface area contributed by atoms with Gasteiger partial charge in [-0.25, -0.2) is 0 Å². The Labute approximate surface area is 170 Å². The van der Waals surface area contributed by atoms with E-state index in [-0.39, 0.29) is 11.4 Å². The monoisotopic (exact) mass is 385 g/mol. The van der Waals surface area contributed by atoms with E-state index in [1.165, 1.54) is 16.3 Å². The van der Waals surface area contributed by atoms with Crippen molar-refractivity contribution in [3.63, 3.8) is 0 Å². The van der Waals surface area contributed by atoms with Gasteiger partial charge < -0.3 is 5.11 Å². The number of aromatic hydroxyl groups is 1. The van der Waals surface area contributed by atoms with Crippen molar-refractivity contribution < 1.29 is 5.11 Å². The first kappa shape index (κ1) is 20.1. The number of rotatable bonds is 5. The molecule has 0 spiro atoms. The molecule has 0 amide bonds. The highest BCUT2D eigenvalue weighted by Crippen LogP contribution is 2.27. The predicted molar refractivity (Wildman–Crippen MR) is 115 cm³/mol. The molecule has 1 unspecified atom stereocenters. The molecule has 0 bridgehead atoms. The molecule has 1 N–H and O–H groups in total. The number of pyridine rings is 1. The molecule has 29 heavy (non-hydrogen) atoms. The lowest BCUT2D eigenvalue weighted by molar-refractivity contribution is 0.393. The quantitative estimate of drug-likeness (QED) is 0.649. The Kier molecular flexibility index (Phi) is 5.94. The minimum atomic E-state index is -0.511. The first-order chi connectivity index (χ1) is 14.0. The number of aliphatic imine (C=N–C) groups is 1. The van der Waals surface area contributed by atoms with Crippen molar-refractivity contribution >= 4 is 11.9 Å². The van der Waals surface area contributed by atoms with Crippen LogP contribution in [0.4, 0.5) is 5.69 Å². The van der Waals surface area contributed by atoms with Gasteiger partial charge in [0, 0.05) is 6.21 Å². The van der Waals surface area contributed by atoms with Gasteiger partial charge in [0.05, 0.1) is 17.3 Å². The fraction of sp³-hybridized carbons (Fsp3) is 0.208. The van der Waals surface area contributed by atoms with E-state index in [1.807, 2.05) is 67.6 Å². The maximum atomic E-state index is 12.9. The maximum Gasteiger partial charge on any atom is 0.272 e. The third-order valence-electron chi connectivity index (χ3n) is 5.15. The molecular weight excluding hydrogens is 362 g/mol. The van der Waals surface area contributed by atoms with Gasteiger partial charge >= 0.3 is 0 Å². The summed E-state index contributed by atoms with van der Waals surface area (Å²) in [4.78, 5) is 17.3. The zero-order valence-electron chi connectivity index (χ0n) is 16.8. The minimum absolute atomic E-state index is 0.00774. The topological polar surface area (TPSA) is 78.4 Å². The number of aromatic nitrogens is 1. The van der Waals surface area contributed by atoms with Gasteiger partial charge in [0.1, 0.15) is 11.6 Å². The molecule has 1 atom stereocenters. The van der Waals surface area contributed by atoms with E-state index < -0.39 is 11.6 Å². The molecule has 1 heterocycles. The van der Waals surface area contributed by atoms with E-state index in [0.717, 1.165) is 17.7 Å². The molecule has 0 radical (unpaired) electrons. The molecule has 0 fully saturated rings. The molecule has 5 heteroatoms. The summed E-state index contributed by atoms with van der Waals surface area (Å²) in [6.07, 6.45) is 2.46. The molecule has 0 saturated carbocycles. The Morgan fingerprint density at radius 3 is 2.41 bits per heavy atom. The summed E-state index contributed by atoms with van der Waals surface area (Å²) in [7, 11) is 0. The molecule has 0 aliphatic heterocycles. The second kappa shape index (κ2) is 8.57. The second-order valence-corrected chi connectivity index (χ2v) is 6.89. The van der Waals surface area contributed by atoms with Gasteiger partial charge in [-0.2, -0.15) is 5.26 Å². The van der Waals surface area contributed by atoms with E-state index in [0.29, 0.717) is 11.1 Å². The van der Waals surface area contributed by atoms with Crippen molar-refractivity contribution in [1.82, 2.24) is 4.57 Å². The van der Waals surface area contributed by atoms with Crippen LogP contribution in [-0.2, 0) is 6.42 Å². The first-order valence-corrected chi connectivity index (χ1v) is 9.54. The Hall–Kier alpha value is -3.65. The van der Waals surface area contributed by atoms with Crippen LogP contribution in [0.25, 0.3) is 0 Å². The molecule has 0 aliphatic rings. The third-order valence-corrected chi connectivity index (χ3v) is 5.15. The van der Waals surface area contributed by atoms with Crippen LogP contribution in [0.3, 0.4) is 0 Å². The highest BCUT2D eigenvalue weighted by molar-refractivity contribution is 5.87. The number of aryl methyl sites for hydroxylation is 1. The van der Waals surface area contributed by atoms with E-state index in [9.17, 15) is 15.2 Å². The van der Waals surface area contributed by atoms with Gasteiger partial charge in [0.2, 0.25) is 5.88 Å². The molecular formula is C24H23N3O2. The molecule has 3 aromatic rings. The van der Waals surface area contributed by atoms with Gasteiger partial charge in [-0.15, -0.1) is 0 Å². The van der Waals surface area contributed by atoms with Gasteiger partial charge in [-0.3, -0.25) is 14.4 Å². The summed E-state index contributed by atoms with van der Waals surface area (Å²) in [5.41, 5.74) is 3.07. The average molecular weight is 385 g/mol. The van der Waals surface area contributed by atoms with Gasteiger partial charge in [-0.1, -0.05) is 49.4 Å². The predicted octanol–water partition coefficient (Wildman–Crippen LogP) is 4.66. The first-order valence-electron chi connectivity index (χ1n) is 9.54. The van der Waals surface area contributed by atoms with Crippen molar-refractivity contribution in [3.05, 3.63) is 92.8 Å². The van der Waals surface area contributed by atoms with E-state index >= 15 is 0 Å². The van der Waals surface area contributed by atoms with Crippen LogP contribution in [0.5, 0.6) is 5.88 Å². The summed E-state index contributed by atoms with van der Waals surface area (Å²) < 4.78 is 1.25. The lowest BCUT2D eigenvalue weighted by Gasteiger charge is -2.20. The fourth-order valence-corrected chi connectivity index (χ4v) is 3.29. The second-order valence-electron chi connectivity index (χ2n) is 6.89. The van der Waals surface area contributed by atoms with E-state index in [1.54, 1.807) is 6.92 Å². The molecule has 5 nitrogen and oxygen atoms in total. The highest BCUT2D eigenvalue weighted by atomic mass is 16.3. The Bertz CT molecular complexity index is 1140. The lowest BCUT2D eigenvalue weighted by Crippen LogP contribution is -2.28. The van der Waals surface area contributed by atoms with Gasteiger partial charge in [0.15, 0.2) is 0 Å². The molecule has 3 rings (SSSR count). The summed E-state index contributed by atoms with van der Waals surface area (Å²) in [6.45, 7) is 5.55. The fourth-order valence-electron chi connectivity index (χ4n) is 3.29. The summed E-state index contributed by atoms with van der Waals surface area (Å²) >= 11 is 0. The minimum Gasteiger partial charge on any atom is -0.494 e. The standard InChI is InChI=1S/C24H23N3O2/c1-4-18-10-12-20(13-11-18)26-15-22-16(2)21(14-25)23(28)27(24(22)29)17(3)19-8-6-5-7-9-19/h5-13,15,17,29H,4H2,1-3H3. The van der Waals surface area contributed by atoms with Crippen molar-refractivity contribution in [2.45, 2.75) is 33.2 Å². The van der Waals surface area contributed by atoms with E-state index in [2.05, 4.69) is 11.9 Å². The van der Waals surface area contributed by atoms with Crippen molar-refractivity contribution in [2.75, 3.05) is 0 Å². The number of benzene rings is 2. The zero-order chi connectivity index (χ0) is 21.0. The van der Waals surface area contributed by atoms with Crippen LogP contribution in [0.1, 0.15) is 47.7 Å². The highest BCUT2D eigenvalue weighted by Gasteiger charge is 2.22. The van der Waals surface area contributed by atoms with Crippen LogP contribution in [0, 0.1) is 18.3 Å². The molecule has 0 saturated heterocycles.